The van der Waals surface area contributed by atoms with Crippen molar-refractivity contribution in [2.75, 3.05) is 13.2 Å². The van der Waals surface area contributed by atoms with Crippen LogP contribution in [0.2, 0.25) is 0 Å². The van der Waals surface area contributed by atoms with Crippen LogP contribution in [-0.2, 0) is 9.68 Å². The van der Waals surface area contributed by atoms with Gasteiger partial charge in [0.25, 0.3) is 0 Å². The summed E-state index contributed by atoms with van der Waals surface area (Å²) in [5.41, 5.74) is 3.24. The highest BCUT2D eigenvalue weighted by molar-refractivity contribution is 6.53. The van der Waals surface area contributed by atoms with E-state index in [-0.39, 0.29) is 0 Å². The van der Waals surface area contributed by atoms with E-state index in [1.807, 2.05) is 60.7 Å². The first-order valence-corrected chi connectivity index (χ1v) is 6.46. The fourth-order valence-electron chi connectivity index (χ4n) is 1.95. The molecule has 1 aliphatic heterocycles. The van der Waals surface area contributed by atoms with Crippen LogP contribution in [0.5, 0.6) is 0 Å². The van der Waals surface area contributed by atoms with Gasteiger partial charge in [0.1, 0.15) is 11.4 Å². The standard InChI is InChI=1S/C16H14N2O2/c1-3-7-13(8-4-1)15-16(14-9-5-2-6-10-14)18-20-12-11-19-17-15/h1-10H,11-12H2/b17-15-,18-16-. The molecule has 0 bridgehead atoms. The molecule has 100 valence electrons. The Morgan fingerprint density at radius 2 is 1.00 bits per heavy atom. The first kappa shape index (κ1) is 12.4. The van der Waals surface area contributed by atoms with Crippen LogP contribution in [0.4, 0.5) is 0 Å². The Bertz CT molecular complexity index is 564. The van der Waals surface area contributed by atoms with Crippen LogP contribution in [0.3, 0.4) is 0 Å². The Balaban J connectivity index is 2.07. The second-order valence-electron chi connectivity index (χ2n) is 4.28. The van der Waals surface area contributed by atoms with Crippen LogP contribution >= 0.6 is 0 Å². The topological polar surface area (TPSA) is 43.2 Å². The van der Waals surface area contributed by atoms with E-state index in [2.05, 4.69) is 10.3 Å². The predicted octanol–water partition coefficient (Wildman–Crippen LogP) is 2.84. The van der Waals surface area contributed by atoms with Crippen LogP contribution in [0.1, 0.15) is 11.1 Å². The third kappa shape index (κ3) is 2.69. The quantitative estimate of drug-likeness (QED) is 0.838. The largest absolute Gasteiger partial charge is 0.391 e. The predicted molar refractivity (Wildman–Crippen MR) is 77.9 cm³/mol. The molecular weight excluding hydrogens is 252 g/mol. The zero-order chi connectivity index (χ0) is 13.6. The second-order valence-corrected chi connectivity index (χ2v) is 4.28. The molecule has 0 N–H and O–H groups in total. The molecule has 0 fully saturated rings. The lowest BCUT2D eigenvalue weighted by Gasteiger charge is -2.13. The lowest BCUT2D eigenvalue weighted by Crippen LogP contribution is -2.20. The number of hydrogen-bond donors (Lipinski definition) is 0. The molecule has 20 heavy (non-hydrogen) atoms. The summed E-state index contributed by atoms with van der Waals surface area (Å²) in [5, 5.41) is 8.43. The average molecular weight is 266 g/mol. The van der Waals surface area contributed by atoms with Crippen LogP contribution in [0, 0.1) is 0 Å². The minimum absolute atomic E-state index is 0.391. The van der Waals surface area contributed by atoms with Gasteiger partial charge in [-0.05, 0) is 0 Å². The zero-order valence-corrected chi connectivity index (χ0v) is 10.9. The summed E-state index contributed by atoms with van der Waals surface area (Å²) in [7, 11) is 0. The van der Waals surface area contributed by atoms with Crippen LogP contribution in [-0.4, -0.2) is 24.6 Å². The monoisotopic (exact) mass is 266 g/mol. The van der Waals surface area contributed by atoms with Gasteiger partial charge in [-0.25, -0.2) is 0 Å². The van der Waals surface area contributed by atoms with Crippen molar-refractivity contribution in [1.29, 1.82) is 0 Å². The molecule has 0 aliphatic carbocycles. The van der Waals surface area contributed by atoms with Crippen molar-refractivity contribution in [3.8, 4) is 0 Å². The van der Waals surface area contributed by atoms with Crippen molar-refractivity contribution >= 4 is 11.4 Å². The summed E-state index contributed by atoms with van der Waals surface area (Å²) in [4.78, 5) is 10.6. The molecule has 4 heteroatoms. The molecule has 0 atom stereocenters. The van der Waals surface area contributed by atoms with Crippen molar-refractivity contribution in [2.24, 2.45) is 10.3 Å². The van der Waals surface area contributed by atoms with Gasteiger partial charge >= 0.3 is 0 Å². The van der Waals surface area contributed by atoms with Crippen molar-refractivity contribution in [3.63, 3.8) is 0 Å². The van der Waals surface area contributed by atoms with E-state index in [1.165, 1.54) is 0 Å². The van der Waals surface area contributed by atoms with Crippen molar-refractivity contribution < 1.29 is 9.68 Å². The van der Waals surface area contributed by atoms with Gasteiger partial charge < -0.3 is 9.68 Å². The SMILES string of the molecule is c1ccc(C2=N/OCCO/N=C\2c2ccccc2)cc1. The van der Waals surface area contributed by atoms with E-state index in [1.54, 1.807) is 0 Å². The summed E-state index contributed by atoms with van der Waals surface area (Å²) in [6.07, 6.45) is 0. The van der Waals surface area contributed by atoms with Crippen molar-refractivity contribution in [3.05, 3.63) is 71.8 Å². The Morgan fingerprint density at radius 3 is 1.40 bits per heavy atom. The highest BCUT2D eigenvalue weighted by Crippen LogP contribution is 2.12. The fourth-order valence-corrected chi connectivity index (χ4v) is 1.95. The Morgan fingerprint density at radius 1 is 0.600 bits per heavy atom. The lowest BCUT2D eigenvalue weighted by atomic mass is 10.00. The molecule has 0 unspecified atom stereocenters. The summed E-state index contributed by atoms with van der Waals surface area (Å²) < 4.78 is 0. The highest BCUT2D eigenvalue weighted by atomic mass is 16.7. The van der Waals surface area contributed by atoms with Crippen LogP contribution in [0.15, 0.2) is 71.0 Å². The Kier molecular flexibility index (Phi) is 3.73. The molecule has 3 rings (SSSR count). The fraction of sp³-hybridized carbons (Fsp3) is 0.125. The first-order valence-electron chi connectivity index (χ1n) is 6.46. The minimum atomic E-state index is 0.391. The van der Waals surface area contributed by atoms with Crippen LogP contribution in [0.25, 0.3) is 0 Å². The van der Waals surface area contributed by atoms with Gasteiger partial charge in [-0.3, -0.25) is 0 Å². The molecule has 0 amide bonds. The van der Waals surface area contributed by atoms with Crippen LogP contribution < -0.4 is 0 Å². The number of hydrogen-bond acceptors (Lipinski definition) is 4. The Labute approximate surface area is 117 Å². The number of rotatable bonds is 2. The highest BCUT2D eigenvalue weighted by Gasteiger charge is 2.17. The molecule has 0 saturated carbocycles. The van der Waals surface area contributed by atoms with Crippen molar-refractivity contribution in [1.82, 2.24) is 0 Å². The minimum Gasteiger partial charge on any atom is -0.391 e. The van der Waals surface area contributed by atoms with Gasteiger partial charge in [0, 0.05) is 11.1 Å². The summed E-state index contributed by atoms with van der Waals surface area (Å²) in [6.45, 7) is 0.782. The number of nitrogens with zero attached hydrogens (tertiary/aromatic N) is 2. The smallest absolute Gasteiger partial charge is 0.153 e. The normalized spacial score (nSPS) is 20.2. The van der Waals surface area contributed by atoms with Gasteiger partial charge in [0.2, 0.25) is 0 Å². The number of benzene rings is 2. The molecule has 0 radical (unpaired) electrons. The first-order chi connectivity index (χ1) is 9.95. The maximum Gasteiger partial charge on any atom is 0.153 e. The molecule has 0 saturated heterocycles. The van der Waals surface area contributed by atoms with E-state index >= 15 is 0 Å². The molecule has 2 aromatic carbocycles. The average Bonchev–Trinajstić information content (AvgIpc) is 2.49. The molecular formula is C16H14N2O2. The van der Waals surface area contributed by atoms with E-state index < -0.39 is 0 Å². The second kappa shape index (κ2) is 6.02. The van der Waals surface area contributed by atoms with E-state index in [0.29, 0.717) is 24.6 Å². The van der Waals surface area contributed by atoms with Gasteiger partial charge in [-0.2, -0.15) is 0 Å². The van der Waals surface area contributed by atoms with E-state index in [4.69, 9.17) is 9.68 Å². The Hall–Kier alpha value is -2.62. The van der Waals surface area contributed by atoms with Crippen molar-refractivity contribution in [2.45, 2.75) is 0 Å². The molecule has 0 spiro atoms. The van der Waals surface area contributed by atoms with E-state index in [9.17, 15) is 0 Å². The third-order valence-corrected chi connectivity index (χ3v) is 2.90. The zero-order valence-electron chi connectivity index (χ0n) is 10.9. The van der Waals surface area contributed by atoms with Gasteiger partial charge in [-0.1, -0.05) is 71.0 Å². The van der Waals surface area contributed by atoms with Gasteiger partial charge in [-0.15, -0.1) is 0 Å². The van der Waals surface area contributed by atoms with Gasteiger partial charge in [0.15, 0.2) is 13.2 Å². The molecule has 0 aromatic heterocycles. The molecule has 2 aromatic rings. The lowest BCUT2D eigenvalue weighted by molar-refractivity contribution is 0.0515. The number of oxime groups is 2. The van der Waals surface area contributed by atoms with Gasteiger partial charge in [0.05, 0.1) is 0 Å². The molecule has 1 aliphatic rings. The van der Waals surface area contributed by atoms with E-state index in [0.717, 1.165) is 11.1 Å². The molecule has 4 nitrogen and oxygen atoms in total. The maximum absolute atomic E-state index is 5.28. The molecule has 1 heterocycles. The summed E-state index contributed by atoms with van der Waals surface area (Å²) >= 11 is 0. The summed E-state index contributed by atoms with van der Waals surface area (Å²) in [5.74, 6) is 0. The maximum atomic E-state index is 5.28. The third-order valence-electron chi connectivity index (χ3n) is 2.90. The summed E-state index contributed by atoms with van der Waals surface area (Å²) in [6, 6.07) is 19.7.